The van der Waals surface area contributed by atoms with E-state index in [2.05, 4.69) is 10.3 Å². The van der Waals surface area contributed by atoms with Gasteiger partial charge in [-0.2, -0.15) is 0 Å². The third-order valence-corrected chi connectivity index (χ3v) is 4.93. The van der Waals surface area contributed by atoms with Crippen molar-refractivity contribution in [3.05, 3.63) is 59.4 Å². The summed E-state index contributed by atoms with van der Waals surface area (Å²) < 4.78 is 0. The van der Waals surface area contributed by atoms with E-state index in [-0.39, 0.29) is 24.1 Å². The van der Waals surface area contributed by atoms with Crippen LogP contribution in [0.4, 0.5) is 5.69 Å². The third-order valence-electron chi connectivity index (χ3n) is 4.93. The average molecular weight is 396 g/mol. The van der Waals surface area contributed by atoms with Crippen molar-refractivity contribution in [3.63, 3.8) is 0 Å². The van der Waals surface area contributed by atoms with Crippen molar-refractivity contribution in [1.29, 1.82) is 0 Å². The van der Waals surface area contributed by atoms with E-state index in [0.717, 1.165) is 17.7 Å². The standard InChI is InChI=1S/C21H24N4O4/c1-2-15-5-3-4-6-17(15)23-19(26)14-24-9-11-25(12-10-24)20(27)16-7-8-18(21(28)29)22-13-16/h3-8,13H,2,9-12,14H2,1H3,(H,23,26)(H,28,29). The number of carboxylic acid groups (broad SMARTS) is 1. The number of aromatic nitrogens is 1. The van der Waals surface area contributed by atoms with Gasteiger partial charge in [0.15, 0.2) is 0 Å². The minimum absolute atomic E-state index is 0.0702. The molecule has 152 valence electrons. The molecule has 1 aliphatic rings. The lowest BCUT2D eigenvalue weighted by molar-refractivity contribution is -0.117. The van der Waals surface area contributed by atoms with Crippen molar-refractivity contribution in [2.45, 2.75) is 13.3 Å². The fraction of sp³-hybridized carbons (Fsp3) is 0.333. The maximum atomic E-state index is 12.6. The van der Waals surface area contributed by atoms with Crippen LogP contribution in [0.1, 0.15) is 33.3 Å². The van der Waals surface area contributed by atoms with Crippen LogP contribution >= 0.6 is 0 Å². The fourth-order valence-electron chi connectivity index (χ4n) is 3.28. The predicted molar refractivity (Wildman–Crippen MR) is 108 cm³/mol. The van der Waals surface area contributed by atoms with E-state index in [4.69, 9.17) is 5.11 Å². The quantitative estimate of drug-likeness (QED) is 0.771. The molecule has 2 N–H and O–H groups in total. The molecule has 8 heteroatoms. The van der Waals surface area contributed by atoms with Gasteiger partial charge in [-0.1, -0.05) is 25.1 Å². The van der Waals surface area contributed by atoms with E-state index in [1.807, 2.05) is 36.1 Å². The van der Waals surface area contributed by atoms with Crippen LogP contribution in [0.15, 0.2) is 42.6 Å². The summed E-state index contributed by atoms with van der Waals surface area (Å²) in [6.07, 6.45) is 2.14. The molecular weight excluding hydrogens is 372 g/mol. The van der Waals surface area contributed by atoms with Crippen LogP contribution in [0.5, 0.6) is 0 Å². The first-order valence-corrected chi connectivity index (χ1v) is 9.56. The van der Waals surface area contributed by atoms with Crippen molar-refractivity contribution in [2.24, 2.45) is 0 Å². The van der Waals surface area contributed by atoms with Gasteiger partial charge in [0.25, 0.3) is 5.91 Å². The summed E-state index contributed by atoms with van der Waals surface area (Å²) in [7, 11) is 0. The fourth-order valence-corrected chi connectivity index (χ4v) is 3.28. The molecule has 0 spiro atoms. The van der Waals surface area contributed by atoms with E-state index >= 15 is 0 Å². The number of carboxylic acids is 1. The smallest absolute Gasteiger partial charge is 0.354 e. The molecule has 2 aromatic rings. The van der Waals surface area contributed by atoms with Gasteiger partial charge in [0.2, 0.25) is 5.91 Å². The Balaban J connectivity index is 1.50. The number of benzene rings is 1. The zero-order chi connectivity index (χ0) is 20.8. The summed E-state index contributed by atoms with van der Waals surface area (Å²) in [5.74, 6) is -1.38. The molecule has 3 rings (SSSR count). The molecule has 29 heavy (non-hydrogen) atoms. The first-order valence-electron chi connectivity index (χ1n) is 9.56. The van der Waals surface area contributed by atoms with Gasteiger partial charge < -0.3 is 15.3 Å². The number of piperazine rings is 1. The number of nitrogens with one attached hydrogen (secondary N) is 1. The number of aryl methyl sites for hydroxylation is 1. The molecule has 1 saturated heterocycles. The highest BCUT2D eigenvalue weighted by Gasteiger charge is 2.24. The monoisotopic (exact) mass is 396 g/mol. The van der Waals surface area contributed by atoms with Crippen molar-refractivity contribution in [1.82, 2.24) is 14.8 Å². The van der Waals surface area contributed by atoms with Crippen LogP contribution in [-0.2, 0) is 11.2 Å². The molecule has 2 heterocycles. The van der Waals surface area contributed by atoms with Crippen molar-refractivity contribution >= 4 is 23.5 Å². The molecule has 0 radical (unpaired) electrons. The molecule has 1 fully saturated rings. The van der Waals surface area contributed by atoms with E-state index < -0.39 is 5.97 Å². The maximum Gasteiger partial charge on any atom is 0.354 e. The van der Waals surface area contributed by atoms with Gasteiger partial charge in [-0.05, 0) is 30.2 Å². The van der Waals surface area contributed by atoms with Crippen molar-refractivity contribution in [2.75, 3.05) is 38.0 Å². The lowest BCUT2D eigenvalue weighted by Crippen LogP contribution is -2.50. The van der Waals surface area contributed by atoms with E-state index in [1.54, 1.807) is 4.90 Å². The Morgan fingerprint density at radius 1 is 1.07 bits per heavy atom. The van der Waals surface area contributed by atoms with Crippen LogP contribution < -0.4 is 5.32 Å². The molecule has 0 saturated carbocycles. The number of aromatic carboxylic acids is 1. The molecule has 8 nitrogen and oxygen atoms in total. The molecule has 2 amide bonds. The summed E-state index contributed by atoms with van der Waals surface area (Å²) in [5, 5.41) is 11.9. The van der Waals surface area contributed by atoms with Crippen molar-refractivity contribution < 1.29 is 19.5 Å². The molecule has 1 aromatic heterocycles. The Kier molecular flexibility index (Phi) is 6.56. The highest BCUT2D eigenvalue weighted by atomic mass is 16.4. The number of nitrogens with zero attached hydrogens (tertiary/aromatic N) is 3. The minimum Gasteiger partial charge on any atom is -0.477 e. The summed E-state index contributed by atoms with van der Waals surface area (Å²) in [6.45, 7) is 4.50. The summed E-state index contributed by atoms with van der Waals surface area (Å²) in [6, 6.07) is 10.6. The van der Waals surface area contributed by atoms with Crippen LogP contribution in [0.25, 0.3) is 0 Å². The Morgan fingerprint density at radius 3 is 2.41 bits per heavy atom. The number of hydrogen-bond donors (Lipinski definition) is 2. The van der Waals surface area contributed by atoms with Gasteiger partial charge in [-0.25, -0.2) is 9.78 Å². The number of carbonyl (C=O) groups excluding carboxylic acids is 2. The third kappa shape index (κ3) is 5.17. The molecule has 0 atom stereocenters. The van der Waals surface area contributed by atoms with Gasteiger partial charge in [0.05, 0.1) is 12.1 Å². The largest absolute Gasteiger partial charge is 0.477 e. The Hall–Kier alpha value is -3.26. The van der Waals surface area contributed by atoms with Gasteiger partial charge in [0.1, 0.15) is 5.69 Å². The second kappa shape index (κ2) is 9.29. The van der Waals surface area contributed by atoms with Gasteiger partial charge in [-0.3, -0.25) is 14.5 Å². The van der Waals surface area contributed by atoms with E-state index in [9.17, 15) is 14.4 Å². The highest BCUT2D eigenvalue weighted by molar-refractivity contribution is 5.95. The first kappa shape index (κ1) is 20.5. The zero-order valence-electron chi connectivity index (χ0n) is 16.3. The van der Waals surface area contributed by atoms with Gasteiger partial charge >= 0.3 is 5.97 Å². The Bertz CT molecular complexity index is 890. The minimum atomic E-state index is -1.13. The number of hydrogen-bond acceptors (Lipinski definition) is 5. The van der Waals surface area contributed by atoms with Gasteiger partial charge in [-0.15, -0.1) is 0 Å². The molecule has 1 aliphatic heterocycles. The van der Waals surface area contributed by atoms with Crippen molar-refractivity contribution in [3.8, 4) is 0 Å². The van der Waals surface area contributed by atoms with E-state index in [0.29, 0.717) is 31.7 Å². The van der Waals surface area contributed by atoms with Gasteiger partial charge in [0, 0.05) is 38.1 Å². The number of anilines is 1. The lowest BCUT2D eigenvalue weighted by Gasteiger charge is -2.34. The van der Waals surface area contributed by atoms with E-state index in [1.165, 1.54) is 18.3 Å². The van der Waals surface area contributed by atoms with Crippen LogP contribution in [-0.4, -0.2) is 70.4 Å². The summed E-state index contributed by atoms with van der Waals surface area (Å²) in [4.78, 5) is 43.3. The average Bonchev–Trinajstić information content (AvgIpc) is 2.74. The number of carbonyl (C=O) groups is 3. The molecule has 1 aromatic carbocycles. The van der Waals surface area contributed by atoms with Crippen LogP contribution in [0, 0.1) is 0 Å². The zero-order valence-corrected chi connectivity index (χ0v) is 16.3. The molecule has 0 aliphatic carbocycles. The lowest BCUT2D eigenvalue weighted by atomic mass is 10.1. The topological polar surface area (TPSA) is 103 Å². The van der Waals surface area contributed by atoms with Crippen LogP contribution in [0.2, 0.25) is 0 Å². The van der Waals surface area contributed by atoms with Crippen LogP contribution in [0.3, 0.4) is 0 Å². The maximum absolute atomic E-state index is 12.6. The highest BCUT2D eigenvalue weighted by Crippen LogP contribution is 2.15. The normalized spacial score (nSPS) is 14.4. The number of para-hydroxylation sites is 1. The Labute approximate surface area is 169 Å². The molecular formula is C21H24N4O4. The summed E-state index contributed by atoms with van der Waals surface area (Å²) >= 11 is 0. The second-order valence-corrected chi connectivity index (χ2v) is 6.86. The summed E-state index contributed by atoms with van der Waals surface area (Å²) in [5.41, 5.74) is 2.20. The second-order valence-electron chi connectivity index (χ2n) is 6.86. The molecule has 0 unspecified atom stereocenters. The molecule has 0 bridgehead atoms. The Morgan fingerprint density at radius 2 is 1.79 bits per heavy atom. The first-order chi connectivity index (χ1) is 14.0. The number of amides is 2. The number of pyridine rings is 1. The predicted octanol–water partition coefficient (Wildman–Crippen LogP) is 1.74. The SMILES string of the molecule is CCc1ccccc1NC(=O)CN1CCN(C(=O)c2ccc(C(=O)O)nc2)CC1. The number of rotatable bonds is 6.